The van der Waals surface area contributed by atoms with E-state index in [2.05, 4.69) is 10.3 Å². The molecule has 0 atom stereocenters. The third-order valence-electron chi connectivity index (χ3n) is 2.22. The minimum absolute atomic E-state index is 0.00865. The van der Waals surface area contributed by atoms with Gasteiger partial charge in [-0.15, -0.1) is 0 Å². The number of nitrogens with zero attached hydrogens (tertiary/aromatic N) is 1. The summed E-state index contributed by atoms with van der Waals surface area (Å²) in [5.41, 5.74) is 1.68. The highest BCUT2D eigenvalue weighted by molar-refractivity contribution is 5.94. The Balaban J connectivity index is 1.86. The first-order valence-electron chi connectivity index (χ1n) is 4.90. The topological polar surface area (TPSA) is 42.0 Å². The van der Waals surface area contributed by atoms with E-state index in [-0.39, 0.29) is 5.91 Å². The molecule has 0 spiro atoms. The van der Waals surface area contributed by atoms with Crippen LogP contribution >= 0.6 is 0 Å². The summed E-state index contributed by atoms with van der Waals surface area (Å²) in [7, 11) is 0. The van der Waals surface area contributed by atoms with Gasteiger partial charge in [0.25, 0.3) is 0 Å². The molecule has 3 heteroatoms. The summed E-state index contributed by atoms with van der Waals surface area (Å²) in [6.45, 7) is 0.483. The minimum Gasteiger partial charge on any atom is -0.347 e. The fourth-order valence-corrected chi connectivity index (χ4v) is 1.40. The van der Waals surface area contributed by atoms with E-state index < -0.39 is 0 Å². The third kappa shape index (κ3) is 2.53. The second-order valence-electron chi connectivity index (χ2n) is 3.33. The molecule has 0 fully saturated rings. The lowest BCUT2D eigenvalue weighted by Crippen LogP contribution is -2.24. The zero-order valence-electron chi connectivity index (χ0n) is 8.31. The molecule has 0 bridgehead atoms. The first-order valence-corrected chi connectivity index (χ1v) is 4.90. The van der Waals surface area contributed by atoms with E-state index in [9.17, 15) is 4.79 Å². The van der Waals surface area contributed by atoms with E-state index in [0.717, 1.165) is 17.7 Å². The molecule has 0 unspecified atom stereocenters. The van der Waals surface area contributed by atoms with Crippen molar-refractivity contribution in [1.29, 1.82) is 0 Å². The number of carbonyl (C=O) groups is 1. The monoisotopic (exact) mass is 200 g/mol. The van der Waals surface area contributed by atoms with Crippen molar-refractivity contribution >= 4 is 5.91 Å². The highest BCUT2D eigenvalue weighted by Crippen LogP contribution is 2.09. The third-order valence-corrected chi connectivity index (χ3v) is 2.22. The summed E-state index contributed by atoms with van der Waals surface area (Å²) in [6.07, 6.45) is 8.16. The van der Waals surface area contributed by atoms with E-state index in [1.165, 1.54) is 0 Å². The van der Waals surface area contributed by atoms with Gasteiger partial charge in [-0.05, 0) is 18.6 Å². The molecule has 1 amide bonds. The van der Waals surface area contributed by atoms with Crippen molar-refractivity contribution in [3.63, 3.8) is 0 Å². The molecule has 0 radical (unpaired) electrons. The molecule has 1 aromatic heterocycles. The molecule has 76 valence electrons. The molecule has 0 saturated carbocycles. The van der Waals surface area contributed by atoms with Crippen LogP contribution < -0.4 is 5.32 Å². The van der Waals surface area contributed by atoms with Crippen LogP contribution in [-0.2, 0) is 11.3 Å². The Morgan fingerprint density at radius 1 is 1.47 bits per heavy atom. The number of hydrogen-bond donors (Lipinski definition) is 1. The summed E-state index contributed by atoms with van der Waals surface area (Å²) < 4.78 is 0. The highest BCUT2D eigenvalue weighted by Gasteiger charge is 2.09. The quantitative estimate of drug-likeness (QED) is 0.805. The number of rotatable bonds is 3. The van der Waals surface area contributed by atoms with Crippen molar-refractivity contribution in [3.8, 4) is 0 Å². The smallest absolute Gasteiger partial charge is 0.247 e. The number of pyridine rings is 1. The maximum absolute atomic E-state index is 11.6. The largest absolute Gasteiger partial charge is 0.347 e. The lowest BCUT2D eigenvalue weighted by atomic mass is 10.2. The molecule has 3 nitrogen and oxygen atoms in total. The van der Waals surface area contributed by atoms with Gasteiger partial charge >= 0.3 is 0 Å². The average Bonchev–Trinajstić information content (AvgIpc) is 2.81. The van der Waals surface area contributed by atoms with Gasteiger partial charge in [0.1, 0.15) is 0 Å². The first kappa shape index (κ1) is 9.65. The van der Waals surface area contributed by atoms with Crippen LogP contribution in [-0.4, -0.2) is 10.9 Å². The predicted molar refractivity (Wildman–Crippen MR) is 57.9 cm³/mol. The summed E-state index contributed by atoms with van der Waals surface area (Å²) in [5.74, 6) is -0.00865. The standard InChI is InChI=1S/C12H12N2O/c15-12(10-5-1-2-6-10)14-9-11-7-3-4-8-13-11/h1-5,7-8H,6,9H2,(H,14,15). The normalized spacial score (nSPS) is 13.7. The van der Waals surface area contributed by atoms with Crippen LogP contribution in [0.4, 0.5) is 0 Å². The molecular formula is C12H12N2O. The van der Waals surface area contributed by atoms with Crippen LogP contribution in [0.3, 0.4) is 0 Å². The predicted octanol–water partition coefficient (Wildman–Crippen LogP) is 1.58. The van der Waals surface area contributed by atoms with Gasteiger partial charge < -0.3 is 5.32 Å². The van der Waals surface area contributed by atoms with Crippen molar-refractivity contribution in [1.82, 2.24) is 10.3 Å². The molecule has 0 aliphatic heterocycles. The Hall–Kier alpha value is -1.90. The molecule has 0 saturated heterocycles. The molecule has 0 aromatic carbocycles. The maximum Gasteiger partial charge on any atom is 0.247 e. The van der Waals surface area contributed by atoms with E-state index in [4.69, 9.17) is 0 Å². The lowest BCUT2D eigenvalue weighted by Gasteiger charge is -2.04. The highest BCUT2D eigenvalue weighted by atomic mass is 16.1. The number of amides is 1. The SMILES string of the molecule is O=C(NCc1ccccn1)C1=CC=CC1. The van der Waals surface area contributed by atoms with Gasteiger partial charge in [-0.1, -0.05) is 24.3 Å². The molecule has 15 heavy (non-hydrogen) atoms. The van der Waals surface area contributed by atoms with E-state index >= 15 is 0 Å². The maximum atomic E-state index is 11.6. The van der Waals surface area contributed by atoms with Gasteiger partial charge in [0.05, 0.1) is 12.2 Å². The minimum atomic E-state index is -0.00865. The second-order valence-corrected chi connectivity index (χ2v) is 3.33. The van der Waals surface area contributed by atoms with E-state index in [0.29, 0.717) is 6.54 Å². The van der Waals surface area contributed by atoms with Crippen LogP contribution in [0.5, 0.6) is 0 Å². The lowest BCUT2D eigenvalue weighted by molar-refractivity contribution is -0.117. The van der Waals surface area contributed by atoms with Crippen molar-refractivity contribution in [2.24, 2.45) is 0 Å². The van der Waals surface area contributed by atoms with Gasteiger partial charge in [0.15, 0.2) is 0 Å². The Morgan fingerprint density at radius 3 is 3.07 bits per heavy atom. The van der Waals surface area contributed by atoms with Gasteiger partial charge in [0, 0.05) is 11.8 Å². The number of nitrogens with one attached hydrogen (secondary N) is 1. The summed E-state index contributed by atoms with van der Waals surface area (Å²) in [4.78, 5) is 15.7. The Labute approximate surface area is 88.5 Å². The first-order chi connectivity index (χ1) is 7.36. The number of aromatic nitrogens is 1. The van der Waals surface area contributed by atoms with Crippen molar-refractivity contribution in [2.45, 2.75) is 13.0 Å². The van der Waals surface area contributed by atoms with Gasteiger partial charge in [-0.2, -0.15) is 0 Å². The fraction of sp³-hybridized carbons (Fsp3) is 0.167. The summed E-state index contributed by atoms with van der Waals surface area (Å²) >= 11 is 0. The summed E-state index contributed by atoms with van der Waals surface area (Å²) in [6, 6.07) is 5.65. The van der Waals surface area contributed by atoms with Crippen molar-refractivity contribution in [2.75, 3.05) is 0 Å². The molecule has 2 rings (SSSR count). The Morgan fingerprint density at radius 2 is 2.40 bits per heavy atom. The molecule has 1 aromatic rings. The molecule has 1 N–H and O–H groups in total. The molecule has 1 heterocycles. The second kappa shape index (κ2) is 4.55. The van der Waals surface area contributed by atoms with Gasteiger partial charge in [-0.25, -0.2) is 0 Å². The van der Waals surface area contributed by atoms with Crippen molar-refractivity contribution in [3.05, 3.63) is 53.9 Å². The van der Waals surface area contributed by atoms with Gasteiger partial charge in [-0.3, -0.25) is 9.78 Å². The summed E-state index contributed by atoms with van der Waals surface area (Å²) in [5, 5.41) is 2.83. The van der Waals surface area contributed by atoms with Crippen LogP contribution in [0.25, 0.3) is 0 Å². The van der Waals surface area contributed by atoms with Crippen LogP contribution in [0.2, 0.25) is 0 Å². The molecule has 1 aliphatic carbocycles. The van der Waals surface area contributed by atoms with E-state index in [1.54, 1.807) is 6.20 Å². The number of allylic oxidation sites excluding steroid dienone is 3. The van der Waals surface area contributed by atoms with Crippen molar-refractivity contribution < 1.29 is 4.79 Å². The van der Waals surface area contributed by atoms with E-state index in [1.807, 2.05) is 36.4 Å². The number of carbonyl (C=O) groups excluding carboxylic acids is 1. The molecular weight excluding hydrogens is 188 g/mol. The van der Waals surface area contributed by atoms with Gasteiger partial charge in [0.2, 0.25) is 5.91 Å². The van der Waals surface area contributed by atoms with Crippen LogP contribution in [0.1, 0.15) is 12.1 Å². The fourth-order valence-electron chi connectivity index (χ4n) is 1.40. The molecule has 1 aliphatic rings. The zero-order chi connectivity index (χ0) is 10.5. The van der Waals surface area contributed by atoms with Crippen LogP contribution in [0.15, 0.2) is 48.2 Å². The number of hydrogen-bond acceptors (Lipinski definition) is 2. The zero-order valence-corrected chi connectivity index (χ0v) is 8.31. The van der Waals surface area contributed by atoms with Crippen LogP contribution in [0, 0.1) is 0 Å². The Bertz CT molecular complexity index is 407. The Kier molecular flexibility index (Phi) is 2.93. The average molecular weight is 200 g/mol.